The van der Waals surface area contributed by atoms with Crippen molar-refractivity contribution in [2.75, 3.05) is 13.1 Å². The molecule has 2 unspecified atom stereocenters. The van der Waals surface area contributed by atoms with Crippen LogP contribution in [0.5, 0.6) is 0 Å². The Morgan fingerprint density at radius 1 is 1.29 bits per heavy atom. The predicted octanol–water partition coefficient (Wildman–Crippen LogP) is 2.38. The van der Waals surface area contributed by atoms with Crippen molar-refractivity contribution in [2.45, 2.75) is 46.0 Å². The number of carbonyl (C=O) groups is 1. The molecule has 1 rings (SSSR count). The van der Waals surface area contributed by atoms with E-state index in [4.69, 9.17) is 0 Å². The molecule has 0 amide bonds. The Morgan fingerprint density at radius 3 is 2.71 bits per heavy atom. The van der Waals surface area contributed by atoms with Crippen molar-refractivity contribution < 1.29 is 4.79 Å². The van der Waals surface area contributed by atoms with Gasteiger partial charge in [-0.15, -0.1) is 0 Å². The van der Waals surface area contributed by atoms with Gasteiger partial charge in [0.1, 0.15) is 5.78 Å². The summed E-state index contributed by atoms with van der Waals surface area (Å²) in [6.45, 7) is 6.10. The van der Waals surface area contributed by atoms with E-state index in [0.717, 1.165) is 31.8 Å². The van der Waals surface area contributed by atoms with Gasteiger partial charge in [0.25, 0.3) is 0 Å². The molecule has 0 aliphatic heterocycles. The first-order chi connectivity index (χ1) is 6.74. The summed E-state index contributed by atoms with van der Waals surface area (Å²) in [7, 11) is 0. The van der Waals surface area contributed by atoms with Gasteiger partial charge in [0.05, 0.1) is 0 Å². The Hall–Kier alpha value is -0.370. The smallest absolute Gasteiger partial charge is 0.132 e. The molecule has 1 saturated carbocycles. The van der Waals surface area contributed by atoms with Crippen molar-refractivity contribution in [3.8, 4) is 0 Å². The van der Waals surface area contributed by atoms with Crippen LogP contribution in [0.2, 0.25) is 0 Å². The summed E-state index contributed by atoms with van der Waals surface area (Å²) >= 11 is 0. The Balaban J connectivity index is 2.29. The van der Waals surface area contributed by atoms with Crippen molar-refractivity contribution in [3.05, 3.63) is 0 Å². The Kier molecular flexibility index (Phi) is 5.16. The first-order valence-corrected chi connectivity index (χ1v) is 5.95. The van der Waals surface area contributed by atoms with Crippen LogP contribution < -0.4 is 5.32 Å². The van der Waals surface area contributed by atoms with Crippen molar-refractivity contribution in [1.82, 2.24) is 5.32 Å². The molecule has 2 heteroatoms. The first kappa shape index (κ1) is 11.7. The number of hydrogen-bond acceptors (Lipinski definition) is 2. The third-order valence-corrected chi connectivity index (χ3v) is 3.35. The maximum Gasteiger partial charge on any atom is 0.132 e. The molecule has 0 bridgehead atoms. The summed E-state index contributed by atoms with van der Waals surface area (Å²) in [6.07, 6.45) is 6.01. The SMILES string of the molecule is CCNCC1CCCC(C(C)=O)CC1. The predicted molar refractivity (Wildman–Crippen MR) is 59.3 cm³/mol. The summed E-state index contributed by atoms with van der Waals surface area (Å²) in [4.78, 5) is 11.3. The van der Waals surface area contributed by atoms with Gasteiger partial charge < -0.3 is 5.32 Å². The van der Waals surface area contributed by atoms with E-state index in [2.05, 4.69) is 12.2 Å². The molecule has 0 aromatic heterocycles. The highest BCUT2D eigenvalue weighted by atomic mass is 16.1. The van der Waals surface area contributed by atoms with Gasteiger partial charge in [0.15, 0.2) is 0 Å². The highest BCUT2D eigenvalue weighted by molar-refractivity contribution is 5.78. The molecule has 0 aromatic carbocycles. The fourth-order valence-corrected chi connectivity index (χ4v) is 2.34. The van der Waals surface area contributed by atoms with Gasteiger partial charge in [-0.25, -0.2) is 0 Å². The van der Waals surface area contributed by atoms with Crippen LogP contribution in [0.1, 0.15) is 46.0 Å². The highest BCUT2D eigenvalue weighted by Gasteiger charge is 2.20. The molecule has 1 N–H and O–H groups in total. The number of Topliss-reactive ketones (excluding diaryl/α,β-unsaturated/α-hetero) is 1. The van der Waals surface area contributed by atoms with Crippen LogP contribution in [-0.4, -0.2) is 18.9 Å². The molecule has 0 saturated heterocycles. The minimum Gasteiger partial charge on any atom is -0.317 e. The lowest BCUT2D eigenvalue weighted by Gasteiger charge is -2.14. The van der Waals surface area contributed by atoms with Gasteiger partial charge in [0, 0.05) is 5.92 Å². The lowest BCUT2D eigenvalue weighted by molar-refractivity contribution is -0.121. The number of carbonyl (C=O) groups excluding carboxylic acids is 1. The highest BCUT2D eigenvalue weighted by Crippen LogP contribution is 2.27. The zero-order chi connectivity index (χ0) is 10.4. The van der Waals surface area contributed by atoms with Crippen LogP contribution in [0.15, 0.2) is 0 Å². The maximum atomic E-state index is 11.3. The maximum absolute atomic E-state index is 11.3. The Morgan fingerprint density at radius 2 is 2.07 bits per heavy atom. The van der Waals surface area contributed by atoms with Gasteiger partial charge in [-0.1, -0.05) is 13.3 Å². The van der Waals surface area contributed by atoms with Gasteiger partial charge in [-0.3, -0.25) is 4.79 Å². The summed E-state index contributed by atoms with van der Waals surface area (Å²) < 4.78 is 0. The fraction of sp³-hybridized carbons (Fsp3) is 0.917. The molecule has 82 valence electrons. The van der Waals surface area contributed by atoms with Crippen molar-refractivity contribution in [1.29, 1.82) is 0 Å². The van der Waals surface area contributed by atoms with E-state index in [1.54, 1.807) is 6.92 Å². The second-order valence-corrected chi connectivity index (χ2v) is 4.49. The van der Waals surface area contributed by atoms with Gasteiger partial charge >= 0.3 is 0 Å². The van der Waals surface area contributed by atoms with E-state index in [0.29, 0.717) is 11.7 Å². The molecule has 1 fully saturated rings. The lowest BCUT2D eigenvalue weighted by Crippen LogP contribution is -2.22. The molecule has 2 atom stereocenters. The van der Waals surface area contributed by atoms with Gasteiger partial charge in [0.2, 0.25) is 0 Å². The normalized spacial score (nSPS) is 28.4. The van der Waals surface area contributed by atoms with Crippen LogP contribution in [0, 0.1) is 11.8 Å². The topological polar surface area (TPSA) is 29.1 Å². The first-order valence-electron chi connectivity index (χ1n) is 5.95. The van der Waals surface area contributed by atoms with Crippen LogP contribution >= 0.6 is 0 Å². The van der Waals surface area contributed by atoms with Gasteiger partial charge in [-0.2, -0.15) is 0 Å². The van der Waals surface area contributed by atoms with Crippen LogP contribution in [0.4, 0.5) is 0 Å². The quantitative estimate of drug-likeness (QED) is 0.701. The molecular formula is C12H23NO. The molecule has 0 spiro atoms. The molecule has 0 aromatic rings. The molecule has 1 aliphatic carbocycles. The number of ketones is 1. The number of hydrogen-bond donors (Lipinski definition) is 1. The summed E-state index contributed by atoms with van der Waals surface area (Å²) in [5.41, 5.74) is 0. The zero-order valence-electron chi connectivity index (χ0n) is 9.51. The second-order valence-electron chi connectivity index (χ2n) is 4.49. The van der Waals surface area contributed by atoms with E-state index in [1.807, 2.05) is 0 Å². The fourth-order valence-electron chi connectivity index (χ4n) is 2.34. The Labute approximate surface area is 87.5 Å². The molecule has 14 heavy (non-hydrogen) atoms. The van der Waals surface area contributed by atoms with Crippen LogP contribution in [-0.2, 0) is 4.79 Å². The van der Waals surface area contributed by atoms with E-state index in [-0.39, 0.29) is 0 Å². The van der Waals surface area contributed by atoms with E-state index in [1.165, 1.54) is 19.3 Å². The van der Waals surface area contributed by atoms with Crippen molar-refractivity contribution >= 4 is 5.78 Å². The molecule has 1 aliphatic rings. The number of rotatable bonds is 4. The molecular weight excluding hydrogens is 174 g/mol. The third-order valence-electron chi connectivity index (χ3n) is 3.35. The largest absolute Gasteiger partial charge is 0.317 e. The summed E-state index contributed by atoms with van der Waals surface area (Å²) in [5, 5.41) is 3.40. The van der Waals surface area contributed by atoms with Crippen LogP contribution in [0.25, 0.3) is 0 Å². The van der Waals surface area contributed by atoms with Gasteiger partial charge in [-0.05, 0) is 51.6 Å². The molecule has 2 nitrogen and oxygen atoms in total. The third kappa shape index (κ3) is 3.79. The van der Waals surface area contributed by atoms with Crippen molar-refractivity contribution in [2.24, 2.45) is 11.8 Å². The van der Waals surface area contributed by atoms with E-state index in [9.17, 15) is 4.79 Å². The molecule has 0 heterocycles. The lowest BCUT2D eigenvalue weighted by atomic mass is 9.95. The Bertz CT molecular complexity index is 179. The van der Waals surface area contributed by atoms with E-state index >= 15 is 0 Å². The minimum absolute atomic E-state index is 0.363. The second kappa shape index (κ2) is 6.18. The monoisotopic (exact) mass is 197 g/mol. The summed E-state index contributed by atoms with van der Waals surface area (Å²) in [6, 6.07) is 0. The molecule has 0 radical (unpaired) electrons. The zero-order valence-corrected chi connectivity index (χ0v) is 9.51. The van der Waals surface area contributed by atoms with Crippen molar-refractivity contribution in [3.63, 3.8) is 0 Å². The minimum atomic E-state index is 0.363. The summed E-state index contributed by atoms with van der Waals surface area (Å²) in [5.74, 6) is 1.56. The number of nitrogens with one attached hydrogen (secondary N) is 1. The standard InChI is InChI=1S/C12H23NO/c1-3-13-9-11-5-4-6-12(8-7-11)10(2)14/h11-13H,3-9H2,1-2H3. The van der Waals surface area contributed by atoms with Crippen LogP contribution in [0.3, 0.4) is 0 Å². The average Bonchev–Trinajstić information content (AvgIpc) is 2.39. The van der Waals surface area contributed by atoms with E-state index < -0.39 is 0 Å². The average molecular weight is 197 g/mol.